The molecule has 0 aliphatic heterocycles. The molecular weight excluding hydrogens is 206 g/mol. The Labute approximate surface area is 102 Å². The molecule has 0 saturated carbocycles. The summed E-state index contributed by atoms with van der Waals surface area (Å²) >= 11 is 0. The van der Waals surface area contributed by atoms with Crippen LogP contribution in [0.15, 0.2) is 42.5 Å². The first-order valence-corrected chi connectivity index (χ1v) is 6.26. The molecule has 0 amide bonds. The number of anilines is 1. The van der Waals surface area contributed by atoms with Crippen LogP contribution in [0.2, 0.25) is 0 Å². The second-order valence-electron chi connectivity index (χ2n) is 4.88. The quantitative estimate of drug-likeness (QED) is 0.776. The van der Waals surface area contributed by atoms with E-state index < -0.39 is 0 Å². The average molecular weight is 223 g/mol. The molecule has 1 aliphatic carbocycles. The number of hydrogen-bond acceptors (Lipinski definition) is 1. The number of nitrogen functional groups attached to an aromatic ring is 1. The molecule has 0 unspecified atom stereocenters. The molecule has 17 heavy (non-hydrogen) atoms. The standard InChI is InChI=1S/C16H17N/c17-16-6-1-3-12(11-16)9-13-7-8-14-4-2-5-15(14)10-13/h1,3,6-8,10-11H,2,4-5,9,17H2. The van der Waals surface area contributed by atoms with E-state index in [1.807, 2.05) is 12.1 Å². The maximum absolute atomic E-state index is 5.80. The van der Waals surface area contributed by atoms with Gasteiger partial charge in [-0.15, -0.1) is 0 Å². The van der Waals surface area contributed by atoms with Crippen LogP contribution in [0.5, 0.6) is 0 Å². The van der Waals surface area contributed by atoms with Crippen molar-refractivity contribution in [3.63, 3.8) is 0 Å². The number of aryl methyl sites for hydroxylation is 2. The Morgan fingerprint density at radius 2 is 1.71 bits per heavy atom. The Bertz CT molecular complexity index is 543. The lowest BCUT2D eigenvalue weighted by molar-refractivity contribution is 0.911. The van der Waals surface area contributed by atoms with Gasteiger partial charge in [-0.1, -0.05) is 30.3 Å². The summed E-state index contributed by atoms with van der Waals surface area (Å²) in [7, 11) is 0. The van der Waals surface area contributed by atoms with Crippen LogP contribution < -0.4 is 5.73 Å². The third-order valence-electron chi connectivity index (χ3n) is 3.52. The molecule has 2 aromatic carbocycles. The molecule has 1 heteroatoms. The maximum Gasteiger partial charge on any atom is 0.0316 e. The van der Waals surface area contributed by atoms with E-state index in [0.717, 1.165) is 12.1 Å². The summed E-state index contributed by atoms with van der Waals surface area (Å²) in [4.78, 5) is 0. The number of hydrogen-bond donors (Lipinski definition) is 1. The SMILES string of the molecule is Nc1cccc(Cc2ccc3c(c2)CCC3)c1. The maximum atomic E-state index is 5.80. The smallest absolute Gasteiger partial charge is 0.0316 e. The minimum Gasteiger partial charge on any atom is -0.399 e. The molecule has 0 fully saturated rings. The lowest BCUT2D eigenvalue weighted by Gasteiger charge is -2.06. The van der Waals surface area contributed by atoms with E-state index in [-0.39, 0.29) is 0 Å². The number of fused-ring (bicyclic) bond motifs is 1. The molecule has 1 nitrogen and oxygen atoms in total. The molecule has 2 aromatic rings. The molecule has 3 rings (SSSR count). The number of nitrogens with two attached hydrogens (primary N) is 1. The van der Waals surface area contributed by atoms with Gasteiger partial charge in [0.1, 0.15) is 0 Å². The Kier molecular flexibility index (Phi) is 2.60. The van der Waals surface area contributed by atoms with Crippen molar-refractivity contribution >= 4 is 5.69 Å². The minimum absolute atomic E-state index is 0.851. The molecule has 86 valence electrons. The van der Waals surface area contributed by atoms with Gasteiger partial charge in [-0.05, 0) is 60.1 Å². The van der Waals surface area contributed by atoms with E-state index in [4.69, 9.17) is 5.73 Å². The lowest BCUT2D eigenvalue weighted by Crippen LogP contribution is -1.92. The van der Waals surface area contributed by atoms with Crippen molar-refractivity contribution < 1.29 is 0 Å². The average Bonchev–Trinajstić information content (AvgIpc) is 2.76. The van der Waals surface area contributed by atoms with E-state index in [2.05, 4.69) is 30.3 Å². The third kappa shape index (κ3) is 2.19. The molecule has 0 spiro atoms. The molecule has 0 bridgehead atoms. The lowest BCUT2D eigenvalue weighted by atomic mass is 10.0. The van der Waals surface area contributed by atoms with Crippen LogP contribution in [0, 0.1) is 0 Å². The highest BCUT2D eigenvalue weighted by molar-refractivity contribution is 5.43. The molecule has 2 N–H and O–H groups in total. The first kappa shape index (κ1) is 10.4. The summed E-state index contributed by atoms with van der Waals surface area (Å²) < 4.78 is 0. The van der Waals surface area contributed by atoms with Crippen LogP contribution in [0.25, 0.3) is 0 Å². The molecule has 1 aliphatic rings. The van der Waals surface area contributed by atoms with Gasteiger partial charge in [-0.3, -0.25) is 0 Å². The first-order chi connectivity index (χ1) is 8.31. The van der Waals surface area contributed by atoms with Crippen molar-refractivity contribution in [1.82, 2.24) is 0 Å². The zero-order valence-electron chi connectivity index (χ0n) is 9.95. The van der Waals surface area contributed by atoms with Gasteiger partial charge >= 0.3 is 0 Å². The summed E-state index contributed by atoms with van der Waals surface area (Å²) in [6, 6.07) is 15.1. The molecular formula is C16H17N. The van der Waals surface area contributed by atoms with Gasteiger partial charge in [0, 0.05) is 5.69 Å². The normalized spacial score (nSPS) is 13.6. The molecule has 0 radical (unpaired) electrons. The third-order valence-corrected chi connectivity index (χ3v) is 3.52. The van der Waals surface area contributed by atoms with Gasteiger partial charge in [-0.25, -0.2) is 0 Å². The highest BCUT2D eigenvalue weighted by atomic mass is 14.5. The predicted molar refractivity (Wildman–Crippen MR) is 72.1 cm³/mol. The van der Waals surface area contributed by atoms with Crippen molar-refractivity contribution in [2.24, 2.45) is 0 Å². The van der Waals surface area contributed by atoms with E-state index in [0.29, 0.717) is 0 Å². The van der Waals surface area contributed by atoms with Crippen molar-refractivity contribution in [2.45, 2.75) is 25.7 Å². The van der Waals surface area contributed by atoms with E-state index >= 15 is 0 Å². The van der Waals surface area contributed by atoms with Crippen LogP contribution in [0.4, 0.5) is 5.69 Å². The second-order valence-corrected chi connectivity index (χ2v) is 4.88. The van der Waals surface area contributed by atoms with Crippen molar-refractivity contribution in [1.29, 1.82) is 0 Å². The van der Waals surface area contributed by atoms with E-state index in [1.165, 1.54) is 30.4 Å². The summed E-state index contributed by atoms with van der Waals surface area (Å²) in [6.07, 6.45) is 4.81. The van der Waals surface area contributed by atoms with Crippen LogP contribution in [-0.4, -0.2) is 0 Å². The Morgan fingerprint density at radius 3 is 2.59 bits per heavy atom. The monoisotopic (exact) mass is 223 g/mol. The molecule has 0 heterocycles. The van der Waals surface area contributed by atoms with Gasteiger partial charge in [0.25, 0.3) is 0 Å². The molecule has 0 saturated heterocycles. The fourth-order valence-corrected chi connectivity index (χ4v) is 2.67. The van der Waals surface area contributed by atoms with Crippen molar-refractivity contribution in [3.8, 4) is 0 Å². The van der Waals surface area contributed by atoms with Crippen LogP contribution >= 0.6 is 0 Å². The van der Waals surface area contributed by atoms with Crippen LogP contribution in [0.3, 0.4) is 0 Å². The minimum atomic E-state index is 0.851. The van der Waals surface area contributed by atoms with E-state index in [1.54, 1.807) is 11.1 Å². The fraction of sp³-hybridized carbons (Fsp3) is 0.250. The Balaban J connectivity index is 1.86. The highest BCUT2D eigenvalue weighted by Crippen LogP contribution is 2.24. The second kappa shape index (κ2) is 4.25. The Morgan fingerprint density at radius 1 is 0.882 bits per heavy atom. The zero-order chi connectivity index (χ0) is 11.7. The van der Waals surface area contributed by atoms with Crippen LogP contribution in [0.1, 0.15) is 28.7 Å². The van der Waals surface area contributed by atoms with Crippen molar-refractivity contribution in [3.05, 3.63) is 64.7 Å². The van der Waals surface area contributed by atoms with E-state index in [9.17, 15) is 0 Å². The van der Waals surface area contributed by atoms with Gasteiger partial charge < -0.3 is 5.73 Å². The summed E-state index contributed by atoms with van der Waals surface area (Å²) in [5, 5.41) is 0. The summed E-state index contributed by atoms with van der Waals surface area (Å²) in [5.74, 6) is 0. The van der Waals surface area contributed by atoms with Crippen molar-refractivity contribution in [2.75, 3.05) is 5.73 Å². The molecule has 0 atom stereocenters. The predicted octanol–water partition coefficient (Wildman–Crippen LogP) is 3.35. The summed E-state index contributed by atoms with van der Waals surface area (Å²) in [5.41, 5.74) is 12.4. The van der Waals surface area contributed by atoms with Gasteiger partial charge in [-0.2, -0.15) is 0 Å². The fourth-order valence-electron chi connectivity index (χ4n) is 2.67. The topological polar surface area (TPSA) is 26.0 Å². The van der Waals surface area contributed by atoms with Gasteiger partial charge in [0.15, 0.2) is 0 Å². The zero-order valence-corrected chi connectivity index (χ0v) is 9.95. The number of rotatable bonds is 2. The Hall–Kier alpha value is -1.76. The van der Waals surface area contributed by atoms with Crippen LogP contribution in [-0.2, 0) is 19.3 Å². The first-order valence-electron chi connectivity index (χ1n) is 6.26. The molecule has 0 aromatic heterocycles. The van der Waals surface area contributed by atoms with Gasteiger partial charge in [0.2, 0.25) is 0 Å². The van der Waals surface area contributed by atoms with Gasteiger partial charge in [0.05, 0.1) is 0 Å². The number of benzene rings is 2. The summed E-state index contributed by atoms with van der Waals surface area (Å²) in [6.45, 7) is 0. The largest absolute Gasteiger partial charge is 0.399 e. The highest BCUT2D eigenvalue weighted by Gasteiger charge is 2.10.